The summed E-state index contributed by atoms with van der Waals surface area (Å²) in [5.41, 5.74) is 0. The zero-order valence-corrected chi connectivity index (χ0v) is 27.2. The van der Waals surface area contributed by atoms with Crippen LogP contribution < -0.4 is 0 Å². The van der Waals surface area contributed by atoms with E-state index in [0.717, 1.165) is 0 Å². The fourth-order valence-corrected chi connectivity index (χ4v) is 2.69. The van der Waals surface area contributed by atoms with Gasteiger partial charge in [-0.25, -0.2) is 4.79 Å². The number of methoxy groups -OCH3 is 5. The van der Waals surface area contributed by atoms with Crippen molar-refractivity contribution in [3.63, 3.8) is 0 Å². The molecule has 2 unspecified atom stereocenters. The molecule has 1 aliphatic heterocycles. The Hall–Kier alpha value is -1.21. The quantitative estimate of drug-likeness (QED) is 0.0858. The molecular formula is C28H58O15. The molecule has 0 saturated carbocycles. The summed E-state index contributed by atoms with van der Waals surface area (Å²) in [6, 6.07) is 0. The Balaban J connectivity index is 0. The van der Waals surface area contributed by atoms with Gasteiger partial charge in [-0.3, -0.25) is 0 Å². The van der Waals surface area contributed by atoms with Crippen molar-refractivity contribution in [2.75, 3.05) is 161 Å². The van der Waals surface area contributed by atoms with E-state index in [0.29, 0.717) is 119 Å². The smallest absolute Gasteiger partial charge is 0.430 e. The average molecular weight is 635 g/mol. The SMILES string of the molecule is COCCOCCOC(C)COC.COCCOCCOCCOC.COCCOCCOCCOCC1COC(=O)O1. The fraction of sp³-hybridized carbons (Fsp3) is 0.964. The predicted molar refractivity (Wildman–Crippen MR) is 156 cm³/mol. The maximum Gasteiger partial charge on any atom is 0.508 e. The van der Waals surface area contributed by atoms with Crippen LogP contribution in [0.1, 0.15) is 6.92 Å². The van der Waals surface area contributed by atoms with E-state index in [1.54, 1.807) is 35.5 Å². The summed E-state index contributed by atoms with van der Waals surface area (Å²) in [6.45, 7) is 12.6. The molecule has 2 atom stereocenters. The second-order valence-electron chi connectivity index (χ2n) is 8.55. The topological polar surface area (TPSA) is 146 Å². The van der Waals surface area contributed by atoms with Crippen LogP contribution >= 0.6 is 0 Å². The van der Waals surface area contributed by atoms with Gasteiger partial charge in [0.05, 0.1) is 125 Å². The first kappa shape index (κ1) is 43.9. The lowest BCUT2D eigenvalue weighted by Crippen LogP contribution is -2.20. The summed E-state index contributed by atoms with van der Waals surface area (Å²) >= 11 is 0. The van der Waals surface area contributed by atoms with Gasteiger partial charge >= 0.3 is 6.16 Å². The van der Waals surface area contributed by atoms with Gasteiger partial charge in [0.15, 0.2) is 6.10 Å². The van der Waals surface area contributed by atoms with Crippen molar-refractivity contribution < 1.29 is 71.1 Å². The Morgan fingerprint density at radius 3 is 1.28 bits per heavy atom. The minimum absolute atomic E-state index is 0.135. The summed E-state index contributed by atoms with van der Waals surface area (Å²) in [5.74, 6) is 0. The molecule has 0 amide bonds. The summed E-state index contributed by atoms with van der Waals surface area (Å²) in [4.78, 5) is 10.6. The molecule has 260 valence electrons. The minimum atomic E-state index is -0.631. The van der Waals surface area contributed by atoms with Gasteiger partial charge in [0.2, 0.25) is 0 Å². The average Bonchev–Trinajstić information content (AvgIpc) is 3.43. The Labute approximate surface area is 257 Å². The second-order valence-corrected chi connectivity index (χ2v) is 8.55. The van der Waals surface area contributed by atoms with Crippen LogP contribution in [-0.4, -0.2) is 179 Å². The van der Waals surface area contributed by atoms with Crippen LogP contribution in [0.5, 0.6) is 0 Å². The third-order valence-electron chi connectivity index (χ3n) is 4.83. The molecule has 1 heterocycles. The summed E-state index contributed by atoms with van der Waals surface area (Å²) in [5, 5.41) is 0. The van der Waals surface area contributed by atoms with E-state index < -0.39 is 6.16 Å². The van der Waals surface area contributed by atoms with Crippen LogP contribution in [0.3, 0.4) is 0 Å². The van der Waals surface area contributed by atoms with Crippen molar-refractivity contribution in [1.29, 1.82) is 0 Å². The molecule has 0 bridgehead atoms. The van der Waals surface area contributed by atoms with Crippen molar-refractivity contribution in [1.82, 2.24) is 0 Å². The van der Waals surface area contributed by atoms with E-state index in [2.05, 4.69) is 4.74 Å². The molecule has 0 aromatic carbocycles. The molecule has 1 rings (SSSR count). The highest BCUT2D eigenvalue weighted by Gasteiger charge is 2.24. The lowest BCUT2D eigenvalue weighted by atomic mass is 10.4. The maximum atomic E-state index is 10.6. The van der Waals surface area contributed by atoms with Gasteiger partial charge in [0.1, 0.15) is 6.61 Å². The number of hydrogen-bond donors (Lipinski definition) is 0. The van der Waals surface area contributed by atoms with Crippen LogP contribution in [0.2, 0.25) is 0 Å². The van der Waals surface area contributed by atoms with E-state index in [1.165, 1.54) is 0 Å². The molecule has 1 fully saturated rings. The summed E-state index contributed by atoms with van der Waals surface area (Å²) in [6.07, 6.45) is -0.793. The highest BCUT2D eigenvalue weighted by Crippen LogP contribution is 2.05. The van der Waals surface area contributed by atoms with Crippen LogP contribution in [0.25, 0.3) is 0 Å². The summed E-state index contributed by atoms with van der Waals surface area (Å²) < 4.78 is 70.2. The number of cyclic esters (lactones) is 2. The Morgan fingerprint density at radius 1 is 0.558 bits per heavy atom. The minimum Gasteiger partial charge on any atom is -0.430 e. The Kier molecular flexibility index (Phi) is 39.6. The van der Waals surface area contributed by atoms with Gasteiger partial charge in [-0.2, -0.15) is 0 Å². The second kappa shape index (κ2) is 38.8. The number of carbonyl (C=O) groups excluding carboxylic acids is 1. The number of rotatable bonds is 29. The summed E-state index contributed by atoms with van der Waals surface area (Å²) in [7, 11) is 8.25. The van der Waals surface area contributed by atoms with Crippen molar-refractivity contribution >= 4 is 6.16 Å². The van der Waals surface area contributed by atoms with E-state index >= 15 is 0 Å². The van der Waals surface area contributed by atoms with E-state index in [-0.39, 0.29) is 18.8 Å². The van der Waals surface area contributed by atoms with Crippen molar-refractivity contribution in [2.24, 2.45) is 0 Å². The molecule has 0 aromatic heterocycles. The molecule has 1 aliphatic rings. The molecule has 43 heavy (non-hydrogen) atoms. The van der Waals surface area contributed by atoms with E-state index in [9.17, 15) is 4.79 Å². The molecule has 0 N–H and O–H groups in total. The van der Waals surface area contributed by atoms with Crippen LogP contribution in [-0.2, 0) is 66.3 Å². The van der Waals surface area contributed by atoms with Crippen LogP contribution in [0.15, 0.2) is 0 Å². The van der Waals surface area contributed by atoms with Gasteiger partial charge in [0, 0.05) is 35.5 Å². The Bertz CT molecular complexity index is 520. The molecule has 0 aliphatic carbocycles. The van der Waals surface area contributed by atoms with Gasteiger partial charge < -0.3 is 66.3 Å². The first-order valence-electron chi connectivity index (χ1n) is 14.4. The molecule has 15 heteroatoms. The van der Waals surface area contributed by atoms with E-state index in [4.69, 9.17) is 61.6 Å². The predicted octanol–water partition coefficient (Wildman–Crippen LogP) is 1.23. The highest BCUT2D eigenvalue weighted by atomic mass is 16.8. The van der Waals surface area contributed by atoms with Crippen molar-refractivity contribution in [3.8, 4) is 0 Å². The standard InChI is InChI=1S/C11H20O7.C9H20O4.C8H18O4/c1-13-2-3-14-4-5-15-6-7-16-8-10-9-17-11(12)18-10;1-9(8-11-3)13-7-6-12-5-4-10-2;1-9-3-5-11-7-8-12-6-4-10-2/h10H,2-9H2,1H3;9H,4-8H2,1-3H3;3-8H2,1-2H3. The van der Waals surface area contributed by atoms with Gasteiger partial charge in [-0.05, 0) is 6.92 Å². The molecule has 0 aromatic rings. The first-order chi connectivity index (χ1) is 21.0. The van der Waals surface area contributed by atoms with Gasteiger partial charge in [-0.15, -0.1) is 0 Å². The van der Waals surface area contributed by atoms with Crippen molar-refractivity contribution in [2.45, 2.75) is 19.1 Å². The number of hydrogen-bond acceptors (Lipinski definition) is 15. The largest absolute Gasteiger partial charge is 0.508 e. The fourth-order valence-electron chi connectivity index (χ4n) is 2.69. The zero-order chi connectivity index (χ0) is 32.1. The molecule has 0 radical (unpaired) electrons. The van der Waals surface area contributed by atoms with E-state index in [1.807, 2.05) is 6.92 Å². The maximum absolute atomic E-state index is 10.6. The van der Waals surface area contributed by atoms with Gasteiger partial charge in [0.25, 0.3) is 0 Å². The van der Waals surface area contributed by atoms with Crippen molar-refractivity contribution in [3.05, 3.63) is 0 Å². The first-order valence-corrected chi connectivity index (χ1v) is 14.4. The Morgan fingerprint density at radius 2 is 0.930 bits per heavy atom. The highest BCUT2D eigenvalue weighted by molar-refractivity contribution is 5.61. The van der Waals surface area contributed by atoms with Crippen LogP contribution in [0.4, 0.5) is 4.79 Å². The third kappa shape index (κ3) is 38.8. The zero-order valence-electron chi connectivity index (χ0n) is 27.2. The lowest BCUT2D eigenvalue weighted by molar-refractivity contribution is -0.0259. The molecule has 15 nitrogen and oxygen atoms in total. The lowest BCUT2D eigenvalue weighted by Gasteiger charge is -2.11. The number of ether oxygens (including phenoxy) is 14. The van der Waals surface area contributed by atoms with Gasteiger partial charge in [-0.1, -0.05) is 0 Å². The molecule has 1 saturated heterocycles. The molecule has 0 spiro atoms. The van der Waals surface area contributed by atoms with Crippen LogP contribution in [0, 0.1) is 0 Å². The molecular weight excluding hydrogens is 576 g/mol. The number of carbonyl (C=O) groups is 1. The third-order valence-corrected chi connectivity index (χ3v) is 4.83. The monoisotopic (exact) mass is 634 g/mol. The normalized spacial score (nSPS) is 14.7.